The molecular formula is C18H17N3O. The Morgan fingerprint density at radius 3 is 2.55 bits per heavy atom. The van der Waals surface area contributed by atoms with Crippen molar-refractivity contribution in [1.29, 1.82) is 0 Å². The minimum absolute atomic E-state index is 0.199. The SMILES string of the molecule is Cc1cccc(-n2cc(C)c(C(=O)Nc3ccccc3)n2)c1. The second-order valence-electron chi connectivity index (χ2n) is 5.26. The Bertz CT molecular complexity index is 806. The summed E-state index contributed by atoms with van der Waals surface area (Å²) >= 11 is 0. The zero-order valence-electron chi connectivity index (χ0n) is 12.6. The summed E-state index contributed by atoms with van der Waals surface area (Å²) < 4.78 is 1.74. The highest BCUT2D eigenvalue weighted by Crippen LogP contribution is 2.15. The molecule has 1 amide bonds. The fourth-order valence-electron chi connectivity index (χ4n) is 2.30. The van der Waals surface area contributed by atoms with E-state index in [1.54, 1.807) is 4.68 Å². The molecule has 22 heavy (non-hydrogen) atoms. The summed E-state index contributed by atoms with van der Waals surface area (Å²) in [6, 6.07) is 17.4. The topological polar surface area (TPSA) is 46.9 Å². The summed E-state index contributed by atoms with van der Waals surface area (Å²) in [6.45, 7) is 3.92. The van der Waals surface area contributed by atoms with E-state index in [1.807, 2.05) is 74.6 Å². The van der Waals surface area contributed by atoms with Gasteiger partial charge in [-0.05, 0) is 43.7 Å². The van der Waals surface area contributed by atoms with Crippen LogP contribution in [0, 0.1) is 13.8 Å². The predicted molar refractivity (Wildman–Crippen MR) is 87.4 cm³/mol. The third kappa shape index (κ3) is 2.91. The molecule has 0 fully saturated rings. The molecule has 110 valence electrons. The van der Waals surface area contributed by atoms with Crippen LogP contribution in [0.1, 0.15) is 21.6 Å². The van der Waals surface area contributed by atoms with Crippen LogP contribution in [0.15, 0.2) is 60.8 Å². The van der Waals surface area contributed by atoms with Crippen molar-refractivity contribution in [3.8, 4) is 5.69 Å². The number of nitrogens with zero attached hydrogens (tertiary/aromatic N) is 2. The Balaban J connectivity index is 1.88. The fraction of sp³-hybridized carbons (Fsp3) is 0.111. The highest BCUT2D eigenvalue weighted by atomic mass is 16.2. The lowest BCUT2D eigenvalue weighted by Crippen LogP contribution is -2.14. The van der Waals surface area contributed by atoms with Crippen LogP contribution < -0.4 is 5.32 Å². The second kappa shape index (κ2) is 5.85. The van der Waals surface area contributed by atoms with Crippen molar-refractivity contribution < 1.29 is 4.79 Å². The van der Waals surface area contributed by atoms with Gasteiger partial charge in [0.25, 0.3) is 5.91 Å². The van der Waals surface area contributed by atoms with Crippen LogP contribution in [0.2, 0.25) is 0 Å². The molecule has 0 radical (unpaired) electrons. The average Bonchev–Trinajstić information content (AvgIpc) is 2.90. The molecule has 0 aliphatic carbocycles. The van der Waals surface area contributed by atoms with E-state index in [2.05, 4.69) is 10.4 Å². The molecule has 0 atom stereocenters. The Kier molecular flexibility index (Phi) is 3.74. The molecule has 0 spiro atoms. The normalized spacial score (nSPS) is 10.5. The first-order chi connectivity index (χ1) is 10.6. The predicted octanol–water partition coefficient (Wildman–Crippen LogP) is 3.74. The monoisotopic (exact) mass is 291 g/mol. The third-order valence-corrected chi connectivity index (χ3v) is 3.41. The van der Waals surface area contributed by atoms with E-state index in [4.69, 9.17) is 0 Å². The number of amides is 1. The number of aryl methyl sites for hydroxylation is 2. The summed E-state index contributed by atoms with van der Waals surface area (Å²) in [5, 5.41) is 7.28. The van der Waals surface area contributed by atoms with Crippen LogP contribution >= 0.6 is 0 Å². The number of hydrogen-bond donors (Lipinski definition) is 1. The number of anilines is 1. The van der Waals surface area contributed by atoms with Crippen molar-refractivity contribution >= 4 is 11.6 Å². The standard InChI is InChI=1S/C18H17N3O/c1-13-7-6-10-16(11-13)21-12-14(2)17(20-21)18(22)19-15-8-4-3-5-9-15/h3-12H,1-2H3,(H,19,22). The summed E-state index contributed by atoms with van der Waals surface area (Å²) in [6.07, 6.45) is 1.87. The van der Waals surface area contributed by atoms with Crippen LogP contribution in [0.3, 0.4) is 0 Å². The number of carbonyl (C=O) groups excluding carboxylic acids is 1. The number of para-hydroxylation sites is 1. The molecule has 0 unspecified atom stereocenters. The number of rotatable bonds is 3. The molecule has 4 nitrogen and oxygen atoms in total. The quantitative estimate of drug-likeness (QED) is 0.799. The van der Waals surface area contributed by atoms with E-state index in [0.29, 0.717) is 5.69 Å². The van der Waals surface area contributed by atoms with Crippen molar-refractivity contribution in [3.05, 3.63) is 77.6 Å². The highest BCUT2D eigenvalue weighted by Gasteiger charge is 2.14. The second-order valence-corrected chi connectivity index (χ2v) is 5.26. The Morgan fingerprint density at radius 2 is 1.82 bits per heavy atom. The van der Waals surface area contributed by atoms with Gasteiger partial charge in [-0.3, -0.25) is 4.79 Å². The third-order valence-electron chi connectivity index (χ3n) is 3.41. The van der Waals surface area contributed by atoms with Crippen LogP contribution in [-0.2, 0) is 0 Å². The summed E-state index contributed by atoms with van der Waals surface area (Å²) in [5.74, 6) is -0.199. The van der Waals surface area contributed by atoms with E-state index >= 15 is 0 Å². The van der Waals surface area contributed by atoms with Gasteiger partial charge in [0.2, 0.25) is 0 Å². The zero-order valence-corrected chi connectivity index (χ0v) is 12.6. The van der Waals surface area contributed by atoms with Gasteiger partial charge in [0.1, 0.15) is 0 Å². The summed E-state index contributed by atoms with van der Waals surface area (Å²) in [5.41, 5.74) is 4.14. The van der Waals surface area contributed by atoms with Gasteiger partial charge >= 0.3 is 0 Å². The van der Waals surface area contributed by atoms with E-state index in [-0.39, 0.29) is 5.91 Å². The largest absolute Gasteiger partial charge is 0.321 e. The summed E-state index contributed by atoms with van der Waals surface area (Å²) in [7, 11) is 0. The van der Waals surface area contributed by atoms with Crippen LogP contribution in [0.5, 0.6) is 0 Å². The fourth-order valence-corrected chi connectivity index (χ4v) is 2.30. The maximum Gasteiger partial charge on any atom is 0.276 e. The maximum atomic E-state index is 12.4. The summed E-state index contributed by atoms with van der Waals surface area (Å²) in [4.78, 5) is 12.4. The molecule has 1 heterocycles. The van der Waals surface area contributed by atoms with Crippen LogP contribution in [0.4, 0.5) is 5.69 Å². The van der Waals surface area contributed by atoms with Gasteiger partial charge in [-0.25, -0.2) is 4.68 Å². The van der Waals surface area contributed by atoms with Crippen molar-refractivity contribution in [2.24, 2.45) is 0 Å². The van der Waals surface area contributed by atoms with Gasteiger partial charge in [-0.1, -0.05) is 30.3 Å². The first-order valence-electron chi connectivity index (χ1n) is 7.13. The van der Waals surface area contributed by atoms with Crippen LogP contribution in [-0.4, -0.2) is 15.7 Å². The van der Waals surface area contributed by atoms with Gasteiger partial charge < -0.3 is 5.32 Å². The van der Waals surface area contributed by atoms with Gasteiger partial charge in [-0.15, -0.1) is 0 Å². The lowest BCUT2D eigenvalue weighted by Gasteiger charge is -2.04. The zero-order chi connectivity index (χ0) is 15.5. The van der Waals surface area contributed by atoms with Gasteiger partial charge in [0, 0.05) is 17.4 Å². The molecule has 4 heteroatoms. The first-order valence-corrected chi connectivity index (χ1v) is 7.13. The van der Waals surface area contributed by atoms with Gasteiger partial charge in [0.15, 0.2) is 5.69 Å². The minimum Gasteiger partial charge on any atom is -0.321 e. The average molecular weight is 291 g/mol. The van der Waals surface area contributed by atoms with E-state index < -0.39 is 0 Å². The number of hydrogen-bond acceptors (Lipinski definition) is 2. The lowest BCUT2D eigenvalue weighted by atomic mass is 10.2. The molecule has 0 saturated carbocycles. The van der Waals surface area contributed by atoms with Crippen molar-refractivity contribution in [3.63, 3.8) is 0 Å². The molecule has 0 saturated heterocycles. The smallest absolute Gasteiger partial charge is 0.276 e. The van der Waals surface area contributed by atoms with E-state index in [9.17, 15) is 4.79 Å². The maximum absolute atomic E-state index is 12.4. The molecule has 3 aromatic rings. The molecule has 3 rings (SSSR count). The van der Waals surface area contributed by atoms with Crippen molar-refractivity contribution in [2.75, 3.05) is 5.32 Å². The van der Waals surface area contributed by atoms with Crippen molar-refractivity contribution in [2.45, 2.75) is 13.8 Å². The Labute approximate surface area is 129 Å². The van der Waals surface area contributed by atoms with Gasteiger partial charge in [0.05, 0.1) is 5.69 Å². The minimum atomic E-state index is -0.199. The van der Waals surface area contributed by atoms with Crippen molar-refractivity contribution in [1.82, 2.24) is 9.78 Å². The lowest BCUT2D eigenvalue weighted by molar-refractivity contribution is 0.102. The van der Waals surface area contributed by atoms with Crippen LogP contribution in [0.25, 0.3) is 5.69 Å². The highest BCUT2D eigenvalue weighted by molar-refractivity contribution is 6.03. The van der Waals surface area contributed by atoms with Gasteiger partial charge in [-0.2, -0.15) is 5.10 Å². The molecule has 1 aromatic heterocycles. The Morgan fingerprint density at radius 1 is 1.05 bits per heavy atom. The first kappa shape index (κ1) is 14.1. The van der Waals surface area contributed by atoms with E-state index in [1.165, 1.54) is 0 Å². The number of nitrogens with one attached hydrogen (secondary N) is 1. The number of aromatic nitrogens is 2. The Hall–Kier alpha value is -2.88. The van der Waals surface area contributed by atoms with E-state index in [0.717, 1.165) is 22.5 Å². The molecule has 2 aromatic carbocycles. The molecule has 1 N–H and O–H groups in total. The molecule has 0 aliphatic rings. The molecule has 0 bridgehead atoms. The molecular weight excluding hydrogens is 274 g/mol. The molecule has 0 aliphatic heterocycles. The number of benzene rings is 2. The number of carbonyl (C=O) groups is 1.